The van der Waals surface area contributed by atoms with Crippen LogP contribution in [0, 0.1) is 0 Å². The molecule has 0 amide bonds. The Morgan fingerprint density at radius 2 is 1.76 bits per heavy atom. The molecule has 0 bridgehead atoms. The number of unbranched alkanes of at least 4 members (excludes halogenated alkanes) is 4. The fraction of sp³-hybridized carbons (Fsp3) is 0.552. The summed E-state index contributed by atoms with van der Waals surface area (Å²) in [6, 6.07) is 15.1. The van der Waals surface area contributed by atoms with E-state index in [1.165, 1.54) is 29.5 Å². The van der Waals surface area contributed by atoms with Crippen molar-refractivity contribution in [3.05, 3.63) is 65.2 Å². The van der Waals surface area contributed by atoms with E-state index in [4.69, 9.17) is 10.5 Å². The Labute approximate surface area is 225 Å². The van der Waals surface area contributed by atoms with E-state index in [1.54, 1.807) is 6.07 Å². The Hall–Kier alpha value is -2.10. The van der Waals surface area contributed by atoms with Crippen molar-refractivity contribution in [3.63, 3.8) is 0 Å². The average Bonchev–Trinajstić information content (AvgIpc) is 2.90. The maximum absolute atomic E-state index is 11.9. The molecule has 6 N–H and O–H groups in total. The van der Waals surface area contributed by atoms with Crippen LogP contribution in [0.25, 0.3) is 0 Å². The molecule has 0 aliphatic rings. The van der Waals surface area contributed by atoms with Crippen molar-refractivity contribution in [2.75, 3.05) is 38.3 Å². The topological polar surface area (TPSA) is 125 Å². The first kappa shape index (κ1) is 31.1. The molecule has 0 spiro atoms. The highest BCUT2D eigenvalue weighted by molar-refractivity contribution is 7.98. The number of benzene rings is 2. The lowest BCUT2D eigenvalue weighted by Crippen LogP contribution is -2.45. The molecule has 8 heteroatoms. The van der Waals surface area contributed by atoms with E-state index in [2.05, 4.69) is 29.6 Å². The second-order valence-electron chi connectivity index (χ2n) is 9.49. The quantitative estimate of drug-likeness (QED) is 0.157. The number of hydrogen-bond acceptors (Lipinski definition) is 7. The molecule has 2 atom stereocenters. The number of carbonyl (C=O) groups is 1. The molecule has 0 fully saturated rings. The number of carboxylic acids is 1. The number of phenols is 1. The molecular formula is C29H44N2O5S. The van der Waals surface area contributed by atoms with Crippen LogP contribution in [0.5, 0.6) is 5.75 Å². The van der Waals surface area contributed by atoms with E-state index in [-0.39, 0.29) is 17.7 Å². The van der Waals surface area contributed by atoms with Crippen molar-refractivity contribution in [3.8, 4) is 5.75 Å². The van der Waals surface area contributed by atoms with Gasteiger partial charge in [-0.25, -0.2) is 4.79 Å². The van der Waals surface area contributed by atoms with E-state index in [9.17, 15) is 20.1 Å². The maximum Gasteiger partial charge on any atom is 0.328 e. The van der Waals surface area contributed by atoms with Gasteiger partial charge in [-0.2, -0.15) is 11.8 Å². The van der Waals surface area contributed by atoms with Gasteiger partial charge >= 0.3 is 5.97 Å². The fourth-order valence-electron chi connectivity index (χ4n) is 4.18. The number of aromatic hydroxyl groups is 1. The number of aliphatic carboxylic acids is 1. The molecule has 7 nitrogen and oxygen atoms in total. The summed E-state index contributed by atoms with van der Waals surface area (Å²) >= 11 is 1.49. The number of thioether (sulfide) groups is 1. The van der Waals surface area contributed by atoms with Crippen LogP contribution in [-0.4, -0.2) is 59.6 Å². The minimum Gasteiger partial charge on any atom is -0.508 e. The monoisotopic (exact) mass is 532 g/mol. The number of aryl methyl sites for hydroxylation is 1. The lowest BCUT2D eigenvalue weighted by Gasteiger charge is -2.27. The van der Waals surface area contributed by atoms with E-state index in [0.717, 1.165) is 64.7 Å². The van der Waals surface area contributed by atoms with Crippen molar-refractivity contribution in [1.29, 1.82) is 0 Å². The van der Waals surface area contributed by atoms with Crippen LogP contribution in [-0.2, 0) is 21.5 Å². The minimum absolute atomic E-state index is 0.129. The summed E-state index contributed by atoms with van der Waals surface area (Å²) in [5.74, 6) is -0.835. The molecule has 37 heavy (non-hydrogen) atoms. The third kappa shape index (κ3) is 11.0. The Morgan fingerprint density at radius 1 is 1.05 bits per heavy atom. The third-order valence-electron chi connectivity index (χ3n) is 6.55. The fourth-order valence-corrected chi connectivity index (χ4v) is 4.71. The number of aliphatic hydroxyl groups is 1. The largest absolute Gasteiger partial charge is 0.508 e. The predicted octanol–water partition coefficient (Wildman–Crippen LogP) is 4.61. The minimum atomic E-state index is -1.71. The first-order valence-corrected chi connectivity index (χ1v) is 14.6. The van der Waals surface area contributed by atoms with E-state index < -0.39 is 17.6 Å². The van der Waals surface area contributed by atoms with E-state index in [1.807, 2.05) is 12.3 Å². The van der Waals surface area contributed by atoms with Gasteiger partial charge in [0, 0.05) is 25.3 Å². The van der Waals surface area contributed by atoms with Crippen LogP contribution in [0.2, 0.25) is 0 Å². The molecule has 0 saturated carbocycles. The second-order valence-corrected chi connectivity index (χ2v) is 10.5. The van der Waals surface area contributed by atoms with Crippen molar-refractivity contribution in [2.45, 2.75) is 63.0 Å². The van der Waals surface area contributed by atoms with Crippen molar-refractivity contribution in [1.82, 2.24) is 5.32 Å². The van der Waals surface area contributed by atoms with Crippen molar-refractivity contribution in [2.24, 2.45) is 5.73 Å². The lowest BCUT2D eigenvalue weighted by molar-refractivity contribution is -0.143. The van der Waals surface area contributed by atoms with Gasteiger partial charge in [-0.1, -0.05) is 49.2 Å². The number of aliphatic hydroxyl groups excluding tert-OH is 1. The SMILES string of the molecule is CSCCC(N)(C(=O)O)c1cc(C(O)CNCCCCCCOCCCCc2ccccc2)ccc1O. The standard InChI is InChI=1S/C29H44N2O5S/c1-37-20-16-29(30,28(34)35)25-21-24(14-15-26(25)32)27(33)22-31-17-8-2-3-9-18-36-19-10-7-13-23-11-5-4-6-12-23/h4-6,11-12,14-15,21,27,31-33H,2-3,7-10,13,16-20,22,30H2,1H3,(H,34,35). The number of nitrogens with one attached hydrogen (secondary N) is 1. The number of ether oxygens (including phenoxy) is 1. The first-order valence-electron chi connectivity index (χ1n) is 13.2. The second kappa shape index (κ2) is 17.4. The van der Waals surface area contributed by atoms with Gasteiger partial charge < -0.3 is 31.1 Å². The number of rotatable bonds is 20. The molecule has 2 aromatic carbocycles. The van der Waals surface area contributed by atoms with Crippen LogP contribution in [0.3, 0.4) is 0 Å². The molecule has 0 radical (unpaired) electrons. The van der Waals surface area contributed by atoms with Crippen molar-refractivity contribution < 1.29 is 24.9 Å². The van der Waals surface area contributed by atoms with Gasteiger partial charge in [0.2, 0.25) is 0 Å². The van der Waals surface area contributed by atoms with Crippen LogP contribution in [0.1, 0.15) is 67.7 Å². The van der Waals surface area contributed by atoms with Gasteiger partial charge in [0.1, 0.15) is 11.3 Å². The number of nitrogens with two attached hydrogens (primary N) is 1. The van der Waals surface area contributed by atoms with Gasteiger partial charge in [0.25, 0.3) is 0 Å². The first-order chi connectivity index (χ1) is 17.9. The van der Waals surface area contributed by atoms with Gasteiger partial charge in [-0.05, 0) is 80.3 Å². The maximum atomic E-state index is 11.9. The summed E-state index contributed by atoms with van der Waals surface area (Å²) in [5.41, 5.74) is 6.52. The van der Waals surface area contributed by atoms with Gasteiger partial charge in [-0.15, -0.1) is 0 Å². The normalized spacial score (nSPS) is 13.8. The summed E-state index contributed by atoms with van der Waals surface area (Å²) in [6.07, 6.45) is 8.82. The summed E-state index contributed by atoms with van der Waals surface area (Å²) in [7, 11) is 0. The molecule has 2 rings (SSSR count). The number of phenolic OH excluding ortho intramolecular Hbond substituents is 1. The van der Waals surface area contributed by atoms with Crippen LogP contribution in [0.4, 0.5) is 0 Å². The Bertz CT molecular complexity index is 914. The van der Waals surface area contributed by atoms with Gasteiger partial charge in [-0.3, -0.25) is 0 Å². The van der Waals surface area contributed by atoms with E-state index in [0.29, 0.717) is 17.9 Å². The highest BCUT2D eigenvalue weighted by Gasteiger charge is 2.38. The molecule has 0 aromatic heterocycles. The Balaban J connectivity index is 1.58. The zero-order valence-corrected chi connectivity index (χ0v) is 22.8. The smallest absolute Gasteiger partial charge is 0.328 e. The molecule has 2 aromatic rings. The molecule has 206 valence electrons. The molecule has 2 unspecified atom stereocenters. The summed E-state index contributed by atoms with van der Waals surface area (Å²) in [4.78, 5) is 11.9. The molecule has 0 aliphatic carbocycles. The molecule has 0 saturated heterocycles. The van der Waals surface area contributed by atoms with E-state index >= 15 is 0 Å². The van der Waals surface area contributed by atoms with Crippen LogP contribution in [0.15, 0.2) is 48.5 Å². The molecular weight excluding hydrogens is 488 g/mol. The van der Waals surface area contributed by atoms with Crippen molar-refractivity contribution >= 4 is 17.7 Å². The third-order valence-corrected chi connectivity index (χ3v) is 7.16. The predicted molar refractivity (Wildman–Crippen MR) is 151 cm³/mol. The zero-order valence-electron chi connectivity index (χ0n) is 22.0. The molecule has 0 aliphatic heterocycles. The highest BCUT2D eigenvalue weighted by Crippen LogP contribution is 2.33. The Morgan fingerprint density at radius 3 is 2.46 bits per heavy atom. The lowest BCUT2D eigenvalue weighted by atomic mass is 9.86. The Kier molecular flexibility index (Phi) is 14.6. The zero-order chi connectivity index (χ0) is 26.9. The highest BCUT2D eigenvalue weighted by atomic mass is 32.2. The van der Waals surface area contributed by atoms with Crippen LogP contribution >= 0.6 is 11.8 Å². The van der Waals surface area contributed by atoms with Crippen LogP contribution < -0.4 is 11.1 Å². The average molecular weight is 533 g/mol. The summed E-state index contributed by atoms with van der Waals surface area (Å²) in [5, 5.41) is 33.8. The van der Waals surface area contributed by atoms with Gasteiger partial charge in [0.15, 0.2) is 0 Å². The number of hydrogen-bond donors (Lipinski definition) is 5. The van der Waals surface area contributed by atoms with Gasteiger partial charge in [0.05, 0.1) is 6.10 Å². The molecule has 0 heterocycles. The summed E-state index contributed by atoms with van der Waals surface area (Å²) in [6.45, 7) is 2.74. The summed E-state index contributed by atoms with van der Waals surface area (Å²) < 4.78 is 5.74. The number of carboxylic acid groups (broad SMARTS) is 1.